The van der Waals surface area contributed by atoms with Crippen LogP contribution in [0.3, 0.4) is 0 Å². The fourth-order valence-electron chi connectivity index (χ4n) is 2.78. The first-order chi connectivity index (χ1) is 12.8. The molecule has 0 radical (unpaired) electrons. The van der Waals surface area contributed by atoms with Gasteiger partial charge in [-0.05, 0) is 47.2 Å². The molecule has 2 aromatic carbocycles. The maximum Gasteiger partial charge on any atom is 0.224 e. The molecule has 1 aromatic heterocycles. The first-order valence-electron chi connectivity index (χ1n) is 9.05. The van der Waals surface area contributed by atoms with Gasteiger partial charge >= 0.3 is 0 Å². The Morgan fingerprint density at radius 1 is 1.15 bits per heavy atom. The van der Waals surface area contributed by atoms with Gasteiger partial charge < -0.3 is 10.4 Å². The quantitative estimate of drug-likeness (QED) is 0.658. The fraction of sp³-hybridized carbons (Fsp3) is 0.273. The van der Waals surface area contributed by atoms with Gasteiger partial charge in [-0.1, -0.05) is 45.0 Å². The van der Waals surface area contributed by atoms with E-state index in [-0.39, 0.29) is 17.1 Å². The molecule has 27 heavy (non-hydrogen) atoms. The summed E-state index contributed by atoms with van der Waals surface area (Å²) in [4.78, 5) is 12.3. The van der Waals surface area contributed by atoms with E-state index in [1.165, 1.54) is 0 Å². The topological polar surface area (TPSA) is 67.2 Å². The van der Waals surface area contributed by atoms with Gasteiger partial charge in [0.05, 0.1) is 17.6 Å². The molecule has 1 heterocycles. The molecule has 0 saturated carbocycles. The van der Waals surface area contributed by atoms with E-state index in [2.05, 4.69) is 31.2 Å². The van der Waals surface area contributed by atoms with Crippen LogP contribution in [0.4, 0.5) is 5.69 Å². The lowest BCUT2D eigenvalue weighted by Crippen LogP contribution is -2.15. The molecule has 0 unspecified atom stereocenters. The number of nitrogens with one attached hydrogen (secondary N) is 1. The van der Waals surface area contributed by atoms with Crippen LogP contribution in [0.2, 0.25) is 0 Å². The van der Waals surface area contributed by atoms with E-state index in [4.69, 9.17) is 0 Å². The van der Waals surface area contributed by atoms with Crippen LogP contribution >= 0.6 is 0 Å². The molecular weight excluding hydrogens is 338 g/mol. The number of para-hydroxylation sites is 1. The smallest absolute Gasteiger partial charge is 0.224 e. The van der Waals surface area contributed by atoms with Gasteiger partial charge in [0.1, 0.15) is 5.75 Å². The average Bonchev–Trinajstić information content (AvgIpc) is 3.11. The van der Waals surface area contributed by atoms with Crippen molar-refractivity contribution in [1.82, 2.24) is 9.78 Å². The number of hydrogen-bond acceptors (Lipinski definition) is 3. The van der Waals surface area contributed by atoms with Crippen LogP contribution in [0.5, 0.6) is 5.75 Å². The summed E-state index contributed by atoms with van der Waals surface area (Å²) in [5, 5.41) is 17.2. The second-order valence-electron chi connectivity index (χ2n) is 7.66. The third-order valence-corrected chi connectivity index (χ3v) is 4.43. The molecule has 0 aliphatic rings. The molecule has 140 valence electrons. The molecule has 0 spiro atoms. The second kappa shape index (κ2) is 7.66. The molecule has 0 atom stereocenters. The number of carbonyl (C=O) groups excluding carboxylic acids is 1. The number of hydrogen-bond donors (Lipinski definition) is 2. The van der Waals surface area contributed by atoms with Crippen molar-refractivity contribution >= 4 is 11.6 Å². The highest BCUT2D eigenvalue weighted by atomic mass is 16.3. The maximum atomic E-state index is 12.3. The fourth-order valence-corrected chi connectivity index (χ4v) is 2.78. The average molecular weight is 363 g/mol. The number of aromatic nitrogens is 2. The molecular formula is C22H25N3O2. The van der Waals surface area contributed by atoms with Crippen molar-refractivity contribution in [2.45, 2.75) is 39.0 Å². The van der Waals surface area contributed by atoms with Crippen LogP contribution in [0.25, 0.3) is 5.69 Å². The zero-order valence-electron chi connectivity index (χ0n) is 15.9. The summed E-state index contributed by atoms with van der Waals surface area (Å²) < 4.78 is 1.80. The van der Waals surface area contributed by atoms with E-state index < -0.39 is 0 Å². The zero-order valence-corrected chi connectivity index (χ0v) is 15.9. The van der Waals surface area contributed by atoms with Crippen molar-refractivity contribution in [3.05, 3.63) is 72.1 Å². The predicted octanol–water partition coefficient (Wildman–Crippen LogP) is 4.45. The first kappa shape index (κ1) is 18.7. The minimum atomic E-state index is -0.135. The van der Waals surface area contributed by atoms with Crippen LogP contribution in [0.1, 0.15) is 38.3 Å². The molecule has 0 aliphatic carbocycles. The normalized spacial score (nSPS) is 11.4. The lowest BCUT2D eigenvalue weighted by atomic mass is 9.87. The monoisotopic (exact) mass is 363 g/mol. The number of rotatable bonds is 5. The van der Waals surface area contributed by atoms with E-state index in [0.29, 0.717) is 18.5 Å². The van der Waals surface area contributed by atoms with Crippen molar-refractivity contribution in [3.63, 3.8) is 0 Å². The van der Waals surface area contributed by atoms with Crippen molar-refractivity contribution < 1.29 is 9.90 Å². The molecule has 2 N–H and O–H groups in total. The van der Waals surface area contributed by atoms with Crippen LogP contribution in [-0.4, -0.2) is 20.8 Å². The molecule has 0 bridgehead atoms. The van der Waals surface area contributed by atoms with Gasteiger partial charge in [0.15, 0.2) is 0 Å². The highest BCUT2D eigenvalue weighted by molar-refractivity contribution is 5.92. The van der Waals surface area contributed by atoms with Gasteiger partial charge in [0.2, 0.25) is 5.91 Å². The number of phenolic OH excluding ortho intramolecular Hbond substituents is 1. The molecule has 5 nitrogen and oxygen atoms in total. The summed E-state index contributed by atoms with van der Waals surface area (Å²) in [6, 6.07) is 15.2. The Labute approximate surface area is 159 Å². The van der Waals surface area contributed by atoms with Crippen molar-refractivity contribution in [2.24, 2.45) is 0 Å². The second-order valence-corrected chi connectivity index (χ2v) is 7.66. The van der Waals surface area contributed by atoms with Crippen LogP contribution in [-0.2, 0) is 16.6 Å². The Bertz CT molecular complexity index is 924. The summed E-state index contributed by atoms with van der Waals surface area (Å²) in [6.07, 6.45) is 4.61. The van der Waals surface area contributed by atoms with Crippen molar-refractivity contribution in [3.8, 4) is 11.4 Å². The number of carbonyl (C=O) groups is 1. The van der Waals surface area contributed by atoms with Crippen LogP contribution in [0, 0.1) is 0 Å². The van der Waals surface area contributed by atoms with Crippen LogP contribution in [0.15, 0.2) is 60.9 Å². The number of aromatic hydroxyl groups is 1. The van der Waals surface area contributed by atoms with Gasteiger partial charge in [0, 0.05) is 12.6 Å². The summed E-state index contributed by atoms with van der Waals surface area (Å²) in [5.74, 6) is -0.0583. The molecule has 5 heteroatoms. The maximum absolute atomic E-state index is 12.3. The van der Waals surface area contributed by atoms with E-state index in [1.54, 1.807) is 16.9 Å². The SMILES string of the molecule is CC(C)(C)c1ccc(O)c(NC(=O)CCc2cnn(-c3ccccc3)c2)c1. The molecule has 1 amide bonds. The van der Waals surface area contributed by atoms with E-state index in [0.717, 1.165) is 16.8 Å². The number of aryl methyl sites for hydroxylation is 1. The van der Waals surface area contributed by atoms with Crippen LogP contribution < -0.4 is 5.32 Å². The number of phenols is 1. The number of amides is 1. The lowest BCUT2D eigenvalue weighted by Gasteiger charge is -2.20. The predicted molar refractivity (Wildman–Crippen MR) is 107 cm³/mol. The van der Waals surface area contributed by atoms with E-state index in [9.17, 15) is 9.90 Å². The summed E-state index contributed by atoms with van der Waals surface area (Å²) >= 11 is 0. The highest BCUT2D eigenvalue weighted by Gasteiger charge is 2.16. The summed E-state index contributed by atoms with van der Waals surface area (Å²) in [5.41, 5.74) is 3.42. The molecule has 3 aromatic rings. The van der Waals surface area contributed by atoms with Gasteiger partial charge in [-0.2, -0.15) is 5.10 Å². The van der Waals surface area contributed by atoms with E-state index in [1.807, 2.05) is 48.7 Å². The van der Waals surface area contributed by atoms with Gasteiger partial charge in [-0.15, -0.1) is 0 Å². The first-order valence-corrected chi connectivity index (χ1v) is 9.05. The highest BCUT2D eigenvalue weighted by Crippen LogP contribution is 2.30. The van der Waals surface area contributed by atoms with Gasteiger partial charge in [0.25, 0.3) is 0 Å². The molecule has 0 saturated heterocycles. The number of anilines is 1. The minimum Gasteiger partial charge on any atom is -0.506 e. The summed E-state index contributed by atoms with van der Waals surface area (Å²) in [7, 11) is 0. The van der Waals surface area contributed by atoms with Gasteiger partial charge in [-0.3, -0.25) is 4.79 Å². The number of benzene rings is 2. The lowest BCUT2D eigenvalue weighted by molar-refractivity contribution is -0.116. The van der Waals surface area contributed by atoms with Gasteiger partial charge in [-0.25, -0.2) is 4.68 Å². The number of nitrogens with zero attached hydrogens (tertiary/aromatic N) is 2. The third-order valence-electron chi connectivity index (χ3n) is 4.43. The molecule has 3 rings (SSSR count). The van der Waals surface area contributed by atoms with Crippen molar-refractivity contribution in [1.29, 1.82) is 0 Å². The Kier molecular flexibility index (Phi) is 5.31. The standard InChI is InChI=1S/C22H25N3O2/c1-22(2,3)17-10-11-20(26)19(13-17)24-21(27)12-9-16-14-23-25(15-16)18-7-5-4-6-8-18/h4-8,10-11,13-15,26H,9,12H2,1-3H3,(H,24,27). The Morgan fingerprint density at radius 3 is 2.59 bits per heavy atom. The Balaban J connectivity index is 1.62. The van der Waals surface area contributed by atoms with Crippen molar-refractivity contribution in [2.75, 3.05) is 5.32 Å². The van der Waals surface area contributed by atoms with E-state index >= 15 is 0 Å². The third kappa shape index (κ3) is 4.76. The Hall–Kier alpha value is -3.08. The zero-order chi connectivity index (χ0) is 19.4. The Morgan fingerprint density at radius 2 is 1.89 bits per heavy atom. The molecule has 0 fully saturated rings. The minimum absolute atomic E-state index is 0.0564. The summed E-state index contributed by atoms with van der Waals surface area (Å²) in [6.45, 7) is 6.28. The molecule has 0 aliphatic heterocycles. The largest absolute Gasteiger partial charge is 0.506 e.